The minimum atomic E-state index is -0.590. The lowest BCUT2D eigenvalue weighted by Crippen LogP contribution is -2.04. The highest BCUT2D eigenvalue weighted by Gasteiger charge is 2.28. The van der Waals surface area contributed by atoms with Gasteiger partial charge in [-0.3, -0.25) is 0 Å². The Kier molecular flexibility index (Phi) is 5.98. The molecule has 0 radical (unpaired) electrons. The zero-order chi connectivity index (χ0) is 21.1. The van der Waals surface area contributed by atoms with Crippen molar-refractivity contribution in [2.45, 2.75) is 0 Å². The van der Waals surface area contributed by atoms with Gasteiger partial charge in [-0.15, -0.1) is 22.7 Å². The number of hydrogen-bond donors (Lipinski definition) is 2. The van der Waals surface area contributed by atoms with Crippen LogP contribution in [0.4, 0.5) is 20.5 Å². The highest BCUT2D eigenvalue weighted by atomic mass is 32.1. The van der Waals surface area contributed by atoms with Gasteiger partial charge in [-0.25, -0.2) is 29.5 Å². The van der Waals surface area contributed by atoms with Crippen molar-refractivity contribution in [3.05, 3.63) is 32.9 Å². The Morgan fingerprint density at radius 1 is 0.767 bits per heavy atom. The van der Waals surface area contributed by atoms with E-state index in [4.69, 9.17) is 9.47 Å². The quantitative estimate of drug-likeness (QED) is 0.371. The van der Waals surface area contributed by atoms with E-state index in [0.717, 1.165) is 22.7 Å². The molecule has 0 aliphatic carbocycles. The van der Waals surface area contributed by atoms with E-state index in [2.05, 4.69) is 30.6 Å². The number of hydrogen-bond acceptors (Lipinski definition) is 14. The van der Waals surface area contributed by atoms with Gasteiger partial charge in [0.1, 0.15) is 21.1 Å². The predicted octanol–water partition coefficient (Wildman–Crippen LogP) is 4.24. The van der Waals surface area contributed by atoms with Crippen LogP contribution in [0.15, 0.2) is 23.2 Å². The molecule has 0 unspecified atom stereocenters. The molecule has 0 saturated carbocycles. The minimum absolute atomic E-state index is 0.202. The second-order valence-electron chi connectivity index (χ2n) is 5.30. The Labute approximate surface area is 185 Å². The van der Waals surface area contributed by atoms with E-state index in [9.17, 15) is 9.59 Å². The smallest absolute Gasteiger partial charge is 0.350 e. The topological polar surface area (TPSA) is 128 Å². The molecule has 0 aliphatic heterocycles. The first kappa shape index (κ1) is 20.3. The van der Waals surface area contributed by atoms with Crippen LogP contribution in [0.2, 0.25) is 0 Å². The first-order valence-electron chi connectivity index (χ1n) is 8.10. The number of nitrogens with one attached hydrogen (secondary N) is 2. The van der Waals surface area contributed by atoms with Gasteiger partial charge in [-0.2, -0.15) is 0 Å². The maximum Gasteiger partial charge on any atom is 0.350 e. The van der Waals surface area contributed by atoms with E-state index in [-0.39, 0.29) is 21.1 Å². The number of rotatable bonds is 7. The van der Waals surface area contributed by atoms with E-state index in [1.54, 1.807) is 12.4 Å². The zero-order valence-corrected chi connectivity index (χ0v) is 18.6. The Morgan fingerprint density at radius 3 is 1.53 bits per heavy atom. The third-order valence-corrected chi connectivity index (χ3v) is 6.79. The molecule has 0 aliphatic rings. The highest BCUT2D eigenvalue weighted by Crippen LogP contribution is 2.39. The average molecular weight is 481 g/mol. The van der Waals surface area contributed by atoms with Gasteiger partial charge in [0.2, 0.25) is 0 Å². The number of anilines is 4. The number of aromatic nitrogens is 4. The molecule has 0 amide bonds. The van der Waals surface area contributed by atoms with Gasteiger partial charge < -0.3 is 20.1 Å². The van der Waals surface area contributed by atoms with Crippen LogP contribution in [0, 0.1) is 0 Å². The largest absolute Gasteiger partial charge is 0.465 e. The number of nitrogens with zero attached hydrogens (tertiary/aromatic N) is 4. The molecular weight excluding hydrogens is 468 g/mol. The fraction of sp³-hybridized carbons (Fsp3) is 0.125. The lowest BCUT2D eigenvalue weighted by molar-refractivity contribution is 0.0595. The molecule has 14 heteroatoms. The minimum Gasteiger partial charge on any atom is -0.465 e. The number of ether oxygens (including phenoxy) is 2. The summed E-state index contributed by atoms with van der Waals surface area (Å²) in [6.45, 7) is 0. The summed E-state index contributed by atoms with van der Waals surface area (Å²) in [6, 6.07) is 0. The van der Waals surface area contributed by atoms with E-state index in [1.165, 1.54) is 36.9 Å². The van der Waals surface area contributed by atoms with Crippen LogP contribution in [-0.2, 0) is 9.47 Å². The fourth-order valence-corrected chi connectivity index (χ4v) is 5.24. The third-order valence-electron chi connectivity index (χ3n) is 3.51. The molecule has 30 heavy (non-hydrogen) atoms. The third kappa shape index (κ3) is 4.16. The number of carbonyl (C=O) groups excluding carboxylic acids is 2. The molecule has 0 atom stereocenters. The van der Waals surface area contributed by atoms with Crippen molar-refractivity contribution in [2.75, 3.05) is 24.9 Å². The molecule has 4 aromatic rings. The van der Waals surface area contributed by atoms with Gasteiger partial charge in [0, 0.05) is 23.2 Å². The van der Waals surface area contributed by atoms with Crippen LogP contribution >= 0.6 is 45.3 Å². The van der Waals surface area contributed by atoms with Crippen molar-refractivity contribution < 1.29 is 19.1 Å². The van der Waals surface area contributed by atoms with Crippen molar-refractivity contribution >= 4 is 77.8 Å². The monoisotopic (exact) mass is 480 g/mol. The molecule has 0 saturated heterocycles. The van der Waals surface area contributed by atoms with Gasteiger partial charge in [-0.1, -0.05) is 22.7 Å². The summed E-state index contributed by atoms with van der Waals surface area (Å²) in [5.41, 5.74) is 0.435. The predicted molar refractivity (Wildman–Crippen MR) is 117 cm³/mol. The molecule has 4 aromatic heterocycles. The average Bonchev–Trinajstić information content (AvgIpc) is 3.54. The molecule has 2 N–H and O–H groups in total. The number of methoxy groups -OCH3 is 2. The number of thiazole rings is 4. The summed E-state index contributed by atoms with van der Waals surface area (Å²) in [7, 11) is 2.55. The molecule has 0 spiro atoms. The van der Waals surface area contributed by atoms with E-state index in [1.807, 2.05) is 10.8 Å². The highest BCUT2D eigenvalue weighted by molar-refractivity contribution is 7.20. The van der Waals surface area contributed by atoms with Crippen molar-refractivity contribution in [3.8, 4) is 11.4 Å². The second kappa shape index (κ2) is 8.83. The van der Waals surface area contributed by atoms with E-state index < -0.39 is 11.9 Å². The summed E-state index contributed by atoms with van der Waals surface area (Å²) >= 11 is 4.93. The second-order valence-corrected chi connectivity index (χ2v) is 9.09. The first-order valence-corrected chi connectivity index (χ1v) is 11.5. The molecule has 0 fully saturated rings. The van der Waals surface area contributed by atoms with Gasteiger partial charge in [0.05, 0.1) is 14.2 Å². The SMILES string of the molecule is COC(=O)c1sc(Nc2nccs2)nc1-c1nc(Nc2nccs2)sc1C(=O)OC. The van der Waals surface area contributed by atoms with E-state index in [0.29, 0.717) is 20.5 Å². The Morgan fingerprint density at radius 2 is 1.20 bits per heavy atom. The van der Waals surface area contributed by atoms with Crippen LogP contribution in [0.1, 0.15) is 19.3 Å². The molecule has 4 rings (SSSR count). The molecular formula is C16H12N6O4S4. The maximum atomic E-state index is 12.4. The lowest BCUT2D eigenvalue weighted by Gasteiger charge is -2.00. The summed E-state index contributed by atoms with van der Waals surface area (Å²) in [5.74, 6) is -1.18. The van der Waals surface area contributed by atoms with Crippen LogP contribution in [0.5, 0.6) is 0 Å². The molecule has 10 nitrogen and oxygen atoms in total. The van der Waals surface area contributed by atoms with Crippen LogP contribution in [0.25, 0.3) is 11.4 Å². The Bertz CT molecular complexity index is 1080. The summed E-state index contributed by atoms with van der Waals surface area (Å²) in [6.07, 6.45) is 3.30. The standard InChI is InChI=1S/C16H12N6O4S4/c1-25-11(23)9-7(19-15(29-9)21-13-17-3-5-27-13)8-10(12(24)26-2)30-16(20-8)22-14-18-4-6-28-14/h3-6H,1-2H3,(H,17,19,21)(H,18,20,22). The van der Waals surface area contributed by atoms with Gasteiger partial charge in [0.15, 0.2) is 20.5 Å². The summed E-state index contributed by atoms with van der Waals surface area (Å²) < 4.78 is 9.78. The lowest BCUT2D eigenvalue weighted by atomic mass is 10.2. The van der Waals surface area contributed by atoms with Gasteiger partial charge >= 0.3 is 11.9 Å². The maximum absolute atomic E-state index is 12.4. The van der Waals surface area contributed by atoms with Crippen molar-refractivity contribution in [2.24, 2.45) is 0 Å². The van der Waals surface area contributed by atoms with E-state index >= 15 is 0 Å². The molecule has 4 heterocycles. The van der Waals surface area contributed by atoms with Crippen molar-refractivity contribution in [1.29, 1.82) is 0 Å². The van der Waals surface area contributed by atoms with Crippen molar-refractivity contribution in [3.63, 3.8) is 0 Å². The Hall–Kier alpha value is -2.94. The Balaban J connectivity index is 1.78. The van der Waals surface area contributed by atoms with Gasteiger partial charge in [-0.05, 0) is 0 Å². The zero-order valence-electron chi connectivity index (χ0n) is 15.4. The number of carbonyl (C=O) groups is 2. The fourth-order valence-electron chi connectivity index (χ4n) is 2.28. The van der Waals surface area contributed by atoms with Crippen LogP contribution in [-0.4, -0.2) is 46.1 Å². The van der Waals surface area contributed by atoms with Crippen molar-refractivity contribution in [1.82, 2.24) is 19.9 Å². The van der Waals surface area contributed by atoms with Crippen LogP contribution in [0.3, 0.4) is 0 Å². The van der Waals surface area contributed by atoms with Gasteiger partial charge in [0.25, 0.3) is 0 Å². The summed E-state index contributed by atoms with van der Waals surface area (Å²) in [4.78, 5) is 42.4. The van der Waals surface area contributed by atoms with Crippen LogP contribution < -0.4 is 10.6 Å². The normalized spacial score (nSPS) is 10.6. The number of esters is 2. The molecule has 154 valence electrons. The molecule has 0 bridgehead atoms. The summed E-state index contributed by atoms with van der Waals surface area (Å²) in [5, 5.41) is 11.8. The first-order chi connectivity index (χ1) is 14.6. The molecule has 0 aromatic carbocycles.